The molecule has 1 aliphatic rings. The van der Waals surface area contributed by atoms with Crippen LogP contribution in [0.15, 0.2) is 48.5 Å². The highest BCUT2D eigenvalue weighted by atomic mass is 19.4. The summed E-state index contributed by atoms with van der Waals surface area (Å²) in [6.45, 7) is 4.16. The number of alkyl halides is 3. The van der Waals surface area contributed by atoms with Crippen LogP contribution in [0.4, 0.5) is 17.6 Å². The van der Waals surface area contributed by atoms with E-state index in [0.717, 1.165) is 24.3 Å². The van der Waals surface area contributed by atoms with E-state index in [9.17, 15) is 28.2 Å². The molecule has 3 N–H and O–H groups in total. The molecule has 0 bridgehead atoms. The second kappa shape index (κ2) is 10.8. The third kappa shape index (κ3) is 6.02. The number of hydrogen-bond donors (Lipinski definition) is 3. The van der Waals surface area contributed by atoms with Crippen LogP contribution in [-0.2, 0) is 17.4 Å². The van der Waals surface area contributed by atoms with Gasteiger partial charge in [-0.3, -0.25) is 4.79 Å². The lowest BCUT2D eigenvalue weighted by Crippen LogP contribution is -2.43. The van der Waals surface area contributed by atoms with Gasteiger partial charge in [0.1, 0.15) is 22.6 Å². The minimum absolute atomic E-state index is 0.0225. The van der Waals surface area contributed by atoms with E-state index < -0.39 is 34.7 Å². The number of carbonyl (C=O) groups excluding carboxylic acids is 1. The number of aliphatic hydroxyl groups is 2. The quantitative estimate of drug-likeness (QED) is 0.232. The number of nitrogens with zero attached hydrogens (tertiary/aromatic N) is 3. The van der Waals surface area contributed by atoms with E-state index in [1.807, 2.05) is 0 Å². The average molecular weight is 599 g/mol. The Hall–Kier alpha value is -4.16. The van der Waals surface area contributed by atoms with E-state index in [0.29, 0.717) is 35.2 Å². The first-order valence-corrected chi connectivity index (χ1v) is 13.6. The van der Waals surface area contributed by atoms with Gasteiger partial charge in [-0.15, -0.1) is 5.10 Å². The number of aromatic nitrogens is 3. The molecule has 2 aromatic heterocycles. The molecular formula is C31H30F4N4O4. The average Bonchev–Trinajstić information content (AvgIpc) is 3.80. The van der Waals surface area contributed by atoms with Gasteiger partial charge in [0, 0.05) is 22.1 Å². The Morgan fingerprint density at radius 2 is 1.72 bits per heavy atom. The van der Waals surface area contributed by atoms with Crippen molar-refractivity contribution in [2.24, 2.45) is 5.92 Å². The van der Waals surface area contributed by atoms with Crippen LogP contribution in [0, 0.1) is 18.7 Å². The fourth-order valence-electron chi connectivity index (χ4n) is 5.04. The Morgan fingerprint density at radius 3 is 2.30 bits per heavy atom. The Kier molecular flexibility index (Phi) is 7.64. The van der Waals surface area contributed by atoms with Gasteiger partial charge in [-0.05, 0) is 75.9 Å². The van der Waals surface area contributed by atoms with E-state index in [1.54, 1.807) is 19.1 Å². The van der Waals surface area contributed by atoms with Crippen LogP contribution in [0.5, 0.6) is 5.75 Å². The number of amides is 1. The highest BCUT2D eigenvalue weighted by Gasteiger charge is 2.47. The van der Waals surface area contributed by atoms with Crippen molar-refractivity contribution in [2.45, 2.75) is 51.0 Å². The third-order valence-electron chi connectivity index (χ3n) is 7.58. The Morgan fingerprint density at radius 1 is 1.05 bits per heavy atom. The topological polar surface area (TPSA) is 117 Å². The Balaban J connectivity index is 1.52. The minimum atomic E-state index is -4.59. The van der Waals surface area contributed by atoms with E-state index in [4.69, 9.17) is 4.74 Å². The molecule has 2 heterocycles. The molecule has 0 radical (unpaired) electrons. The first kappa shape index (κ1) is 30.3. The van der Waals surface area contributed by atoms with Gasteiger partial charge in [0.2, 0.25) is 0 Å². The van der Waals surface area contributed by atoms with Crippen LogP contribution in [0.3, 0.4) is 0 Å². The predicted molar refractivity (Wildman–Crippen MR) is 150 cm³/mol. The number of halogens is 4. The molecule has 1 fully saturated rings. The first-order chi connectivity index (χ1) is 20.1. The lowest BCUT2D eigenvalue weighted by Gasteiger charge is -2.31. The third-order valence-corrected chi connectivity index (χ3v) is 7.58. The zero-order valence-corrected chi connectivity index (χ0v) is 23.9. The van der Waals surface area contributed by atoms with Crippen molar-refractivity contribution in [1.29, 1.82) is 0 Å². The van der Waals surface area contributed by atoms with Crippen molar-refractivity contribution in [2.75, 3.05) is 13.7 Å². The molecule has 1 atom stereocenters. The standard InChI is InChI=1S/C31H30F4N4O4/c1-16-11-18-12-19(13-23(43-4)26(18)39-38-16)28(40)36-15-30(42,20-9-10-20)24-14-22(29(2,3)41)25(32)27(37-24)17-5-7-21(8-6-17)31(33,34)35/h5-8,11-14,20,41-42H,9-10,15H2,1-4H3,(H,36,40)/t30-/m1/s1. The van der Waals surface area contributed by atoms with E-state index >= 15 is 4.39 Å². The summed E-state index contributed by atoms with van der Waals surface area (Å²) in [6.07, 6.45) is -3.39. The van der Waals surface area contributed by atoms with Gasteiger partial charge in [0.25, 0.3) is 5.91 Å². The van der Waals surface area contributed by atoms with E-state index in [2.05, 4.69) is 20.5 Å². The second-order valence-corrected chi connectivity index (χ2v) is 11.3. The fraction of sp³-hybridized carbons (Fsp3) is 0.355. The number of hydrogen-bond acceptors (Lipinski definition) is 7. The van der Waals surface area contributed by atoms with Crippen molar-refractivity contribution >= 4 is 16.8 Å². The number of rotatable bonds is 8. The van der Waals surface area contributed by atoms with Crippen LogP contribution in [0.2, 0.25) is 0 Å². The molecule has 1 aliphatic carbocycles. The molecule has 4 aromatic rings. The van der Waals surface area contributed by atoms with E-state index in [-0.39, 0.29) is 40.5 Å². The Bertz CT molecular complexity index is 1700. The summed E-state index contributed by atoms with van der Waals surface area (Å²) in [5.41, 5.74) is -3.57. The van der Waals surface area contributed by atoms with Gasteiger partial charge in [-0.2, -0.15) is 18.3 Å². The largest absolute Gasteiger partial charge is 0.494 e. The number of aryl methyl sites for hydroxylation is 1. The molecule has 43 heavy (non-hydrogen) atoms. The number of carbonyl (C=O) groups is 1. The molecular weight excluding hydrogens is 568 g/mol. The fourth-order valence-corrected chi connectivity index (χ4v) is 5.04. The zero-order chi connectivity index (χ0) is 31.3. The van der Waals surface area contributed by atoms with Crippen LogP contribution in [0.1, 0.15) is 59.6 Å². The molecule has 0 unspecified atom stereocenters. The summed E-state index contributed by atoms with van der Waals surface area (Å²) in [7, 11) is 1.44. The summed E-state index contributed by atoms with van der Waals surface area (Å²) < 4.78 is 60.5. The monoisotopic (exact) mass is 598 g/mol. The summed E-state index contributed by atoms with van der Waals surface area (Å²) >= 11 is 0. The maximum atomic E-state index is 15.7. The van der Waals surface area contributed by atoms with Crippen LogP contribution in [0.25, 0.3) is 22.2 Å². The van der Waals surface area contributed by atoms with Crippen LogP contribution < -0.4 is 10.1 Å². The van der Waals surface area contributed by atoms with Gasteiger partial charge in [-0.25, -0.2) is 9.37 Å². The minimum Gasteiger partial charge on any atom is -0.494 e. The number of nitrogens with one attached hydrogen (secondary N) is 1. The number of benzene rings is 2. The lowest BCUT2D eigenvalue weighted by molar-refractivity contribution is -0.137. The maximum Gasteiger partial charge on any atom is 0.416 e. The molecule has 0 saturated heterocycles. The van der Waals surface area contributed by atoms with Crippen LogP contribution in [-0.4, -0.2) is 45.0 Å². The second-order valence-electron chi connectivity index (χ2n) is 11.3. The van der Waals surface area contributed by atoms with Gasteiger partial charge < -0.3 is 20.3 Å². The molecule has 12 heteroatoms. The van der Waals surface area contributed by atoms with Crippen molar-refractivity contribution in [3.8, 4) is 17.0 Å². The molecule has 2 aromatic carbocycles. The van der Waals surface area contributed by atoms with Crippen molar-refractivity contribution in [3.63, 3.8) is 0 Å². The number of methoxy groups -OCH3 is 1. The highest BCUT2D eigenvalue weighted by molar-refractivity contribution is 5.99. The highest BCUT2D eigenvalue weighted by Crippen LogP contribution is 2.46. The predicted octanol–water partition coefficient (Wildman–Crippen LogP) is 5.42. The van der Waals surface area contributed by atoms with Gasteiger partial charge in [0.15, 0.2) is 5.82 Å². The molecule has 0 spiro atoms. The smallest absolute Gasteiger partial charge is 0.416 e. The summed E-state index contributed by atoms with van der Waals surface area (Å²) in [5.74, 6) is -1.46. The molecule has 1 saturated carbocycles. The molecule has 0 aliphatic heterocycles. The summed E-state index contributed by atoms with van der Waals surface area (Å²) in [4.78, 5) is 17.7. The number of pyridine rings is 1. The normalized spacial score (nSPS) is 15.3. The Labute approximate surface area is 244 Å². The molecule has 226 valence electrons. The number of ether oxygens (including phenoxy) is 1. The van der Waals surface area contributed by atoms with Crippen molar-refractivity contribution < 1.29 is 37.3 Å². The molecule has 1 amide bonds. The molecule has 8 nitrogen and oxygen atoms in total. The van der Waals surface area contributed by atoms with Crippen LogP contribution >= 0.6 is 0 Å². The van der Waals surface area contributed by atoms with Gasteiger partial charge in [0.05, 0.1) is 36.2 Å². The van der Waals surface area contributed by atoms with Crippen molar-refractivity contribution in [3.05, 3.63) is 82.4 Å². The first-order valence-electron chi connectivity index (χ1n) is 13.6. The maximum absolute atomic E-state index is 15.7. The number of fused-ring (bicyclic) bond motifs is 1. The zero-order valence-electron chi connectivity index (χ0n) is 23.9. The van der Waals surface area contributed by atoms with Gasteiger partial charge >= 0.3 is 6.18 Å². The summed E-state index contributed by atoms with van der Waals surface area (Å²) in [6, 6.07) is 9.92. The van der Waals surface area contributed by atoms with Crippen molar-refractivity contribution in [1.82, 2.24) is 20.5 Å². The summed E-state index contributed by atoms with van der Waals surface area (Å²) in [5, 5.41) is 34.3. The molecule has 5 rings (SSSR count). The van der Waals surface area contributed by atoms with Gasteiger partial charge in [-0.1, -0.05) is 12.1 Å². The SMILES string of the molecule is COc1cc(C(=O)NC[C@](O)(c2cc(C(C)(C)O)c(F)c(-c3ccc(C(F)(F)F)cc3)n2)C2CC2)cc2cc(C)nnc12. The van der Waals surface area contributed by atoms with E-state index in [1.165, 1.54) is 33.1 Å². The lowest BCUT2D eigenvalue weighted by atomic mass is 9.87.